The number of benzene rings is 1. The molecule has 1 atom stereocenters. The summed E-state index contributed by atoms with van der Waals surface area (Å²) < 4.78 is 2.01. The summed E-state index contributed by atoms with van der Waals surface area (Å²) in [5, 5.41) is 1.35. The van der Waals surface area contributed by atoms with Gasteiger partial charge in [0.2, 0.25) is 6.41 Å². The van der Waals surface area contributed by atoms with Crippen LogP contribution < -0.4 is 0 Å². The number of hydrogen-bond donors (Lipinski definition) is 0. The van der Waals surface area contributed by atoms with Crippen LogP contribution in [0.1, 0.15) is 38.3 Å². The van der Waals surface area contributed by atoms with Gasteiger partial charge in [0, 0.05) is 37.8 Å². The zero-order valence-electron chi connectivity index (χ0n) is 19.9. The van der Waals surface area contributed by atoms with Crippen molar-refractivity contribution in [2.24, 2.45) is 7.05 Å². The maximum atomic E-state index is 12.1. The largest absolute Gasteiger partial charge is 0.329 e. The second-order valence-corrected chi connectivity index (χ2v) is 9.09. The number of aromatic nitrogens is 4. The summed E-state index contributed by atoms with van der Waals surface area (Å²) in [6.07, 6.45) is 8.39. The molecule has 0 aliphatic heterocycles. The van der Waals surface area contributed by atoms with Crippen LogP contribution in [0.5, 0.6) is 0 Å². The Morgan fingerprint density at radius 2 is 1.71 bits per heavy atom. The van der Waals surface area contributed by atoms with E-state index in [4.69, 9.17) is 9.82 Å². The van der Waals surface area contributed by atoms with E-state index in [1.807, 2.05) is 75.1 Å². The molecule has 0 aliphatic rings. The second kappa shape index (κ2) is 9.97. The van der Waals surface area contributed by atoms with Gasteiger partial charge in [-0.05, 0) is 55.7 Å². The summed E-state index contributed by atoms with van der Waals surface area (Å²) in [4.78, 5) is 31.4. The second-order valence-electron chi connectivity index (χ2n) is 9.09. The molecular formula is C27H29N5O2. The predicted molar refractivity (Wildman–Crippen MR) is 131 cm³/mol. The minimum absolute atomic E-state index is 0.444. The van der Waals surface area contributed by atoms with Gasteiger partial charge >= 0.3 is 0 Å². The maximum Gasteiger partial charge on any atom is 0.234 e. The molecule has 0 spiro atoms. The highest BCUT2D eigenvalue weighted by Crippen LogP contribution is 2.30. The van der Waals surface area contributed by atoms with Crippen LogP contribution in [0.3, 0.4) is 0 Å². The van der Waals surface area contributed by atoms with Crippen LogP contribution in [0.2, 0.25) is 0 Å². The summed E-state index contributed by atoms with van der Waals surface area (Å²) >= 11 is 0. The monoisotopic (exact) mass is 455 g/mol. The molecule has 4 rings (SSSR count). The van der Waals surface area contributed by atoms with E-state index in [2.05, 4.69) is 34.2 Å². The molecule has 3 heterocycles. The number of carbonyl (C=O) groups is 1. The number of imidazole rings is 1. The number of hydrogen-bond acceptors (Lipinski definition) is 5. The van der Waals surface area contributed by atoms with Crippen LogP contribution in [-0.4, -0.2) is 36.6 Å². The van der Waals surface area contributed by atoms with Gasteiger partial charge in [-0.2, -0.15) is 0 Å². The summed E-state index contributed by atoms with van der Waals surface area (Å²) in [5.74, 6) is 0.716. The number of amides is 1. The molecule has 174 valence electrons. The molecule has 1 amide bonds. The molecule has 0 radical (unpaired) electrons. The summed E-state index contributed by atoms with van der Waals surface area (Å²) in [6, 6.07) is 17.6. The Balaban J connectivity index is 1.68. The van der Waals surface area contributed by atoms with Crippen molar-refractivity contribution in [2.45, 2.75) is 38.8 Å². The summed E-state index contributed by atoms with van der Waals surface area (Å²) in [6.45, 7) is 5.74. The van der Waals surface area contributed by atoms with E-state index in [9.17, 15) is 4.79 Å². The first kappa shape index (κ1) is 23.3. The number of pyridine rings is 2. The Kier molecular flexibility index (Phi) is 6.84. The van der Waals surface area contributed by atoms with E-state index in [1.54, 1.807) is 12.4 Å². The molecular weight excluding hydrogens is 426 g/mol. The van der Waals surface area contributed by atoms with Crippen molar-refractivity contribution in [1.29, 1.82) is 0 Å². The lowest BCUT2D eigenvalue weighted by atomic mass is 10.0. The lowest BCUT2D eigenvalue weighted by Crippen LogP contribution is -2.38. The first-order valence-corrected chi connectivity index (χ1v) is 11.2. The third kappa shape index (κ3) is 5.38. The van der Waals surface area contributed by atoms with E-state index < -0.39 is 11.6 Å². The van der Waals surface area contributed by atoms with Crippen molar-refractivity contribution < 1.29 is 9.63 Å². The molecule has 0 saturated carbocycles. The zero-order valence-corrected chi connectivity index (χ0v) is 19.9. The van der Waals surface area contributed by atoms with Gasteiger partial charge in [-0.15, -0.1) is 0 Å². The minimum Gasteiger partial charge on any atom is -0.329 e. The average Bonchev–Trinajstić information content (AvgIpc) is 3.23. The van der Waals surface area contributed by atoms with Gasteiger partial charge in [0.05, 0.1) is 17.5 Å². The molecule has 1 unspecified atom stereocenters. The van der Waals surface area contributed by atoms with Crippen LogP contribution in [0.25, 0.3) is 22.4 Å². The highest BCUT2D eigenvalue weighted by atomic mass is 16.7. The standard InChI is InChI=1S/C27H29N5O2/c1-27(2,3)34-32(19-33)24(16-23-9-5-6-15-29-23)26-30-18-25(31(26)4)21-12-10-20(11-13-21)22-8-7-14-28-17-22/h5-15,17-19,24H,16H2,1-4H3. The molecule has 4 aromatic rings. The van der Waals surface area contributed by atoms with Crippen LogP contribution in [0.4, 0.5) is 0 Å². The fraction of sp³-hybridized carbons (Fsp3) is 0.259. The van der Waals surface area contributed by atoms with E-state index in [0.29, 0.717) is 12.2 Å². The number of rotatable bonds is 8. The van der Waals surface area contributed by atoms with Crippen molar-refractivity contribution in [3.8, 4) is 22.4 Å². The molecule has 0 N–H and O–H groups in total. The lowest BCUT2D eigenvalue weighted by molar-refractivity contribution is -0.235. The maximum absolute atomic E-state index is 12.1. The normalized spacial score (nSPS) is 12.4. The van der Waals surface area contributed by atoms with Gasteiger partial charge < -0.3 is 4.57 Å². The Morgan fingerprint density at radius 1 is 0.941 bits per heavy atom. The quantitative estimate of drug-likeness (QED) is 0.276. The Morgan fingerprint density at radius 3 is 2.32 bits per heavy atom. The van der Waals surface area contributed by atoms with Crippen LogP contribution in [0.15, 0.2) is 79.4 Å². The molecule has 1 aromatic carbocycles. The number of nitrogens with zero attached hydrogens (tertiary/aromatic N) is 5. The van der Waals surface area contributed by atoms with E-state index in [0.717, 1.165) is 34.5 Å². The SMILES string of the molecule is Cn1c(-c2ccc(-c3cccnc3)cc2)cnc1C(Cc1ccccn1)N(C=O)OC(C)(C)C. The molecule has 0 saturated heterocycles. The molecule has 34 heavy (non-hydrogen) atoms. The van der Waals surface area contributed by atoms with Crippen molar-refractivity contribution >= 4 is 6.41 Å². The van der Waals surface area contributed by atoms with Crippen LogP contribution in [-0.2, 0) is 23.1 Å². The van der Waals surface area contributed by atoms with Crippen LogP contribution >= 0.6 is 0 Å². The minimum atomic E-state index is -0.542. The smallest absolute Gasteiger partial charge is 0.234 e. The number of carbonyl (C=O) groups excluding carboxylic acids is 1. The summed E-state index contributed by atoms with van der Waals surface area (Å²) in [5.41, 5.74) is 4.44. The van der Waals surface area contributed by atoms with Crippen molar-refractivity contribution in [3.63, 3.8) is 0 Å². The average molecular weight is 456 g/mol. The van der Waals surface area contributed by atoms with E-state index in [1.165, 1.54) is 5.06 Å². The van der Waals surface area contributed by atoms with Crippen molar-refractivity contribution in [2.75, 3.05) is 0 Å². The Labute approximate surface area is 200 Å². The van der Waals surface area contributed by atoms with Crippen molar-refractivity contribution in [3.05, 3.63) is 90.9 Å². The molecule has 7 heteroatoms. The zero-order chi connectivity index (χ0) is 24.1. The van der Waals surface area contributed by atoms with Gasteiger partial charge in [-0.3, -0.25) is 19.6 Å². The highest BCUT2D eigenvalue weighted by Gasteiger charge is 2.29. The third-order valence-electron chi connectivity index (χ3n) is 5.42. The molecule has 0 fully saturated rings. The lowest BCUT2D eigenvalue weighted by Gasteiger charge is -2.32. The molecule has 3 aromatic heterocycles. The van der Waals surface area contributed by atoms with E-state index >= 15 is 0 Å². The predicted octanol–water partition coefficient (Wildman–Crippen LogP) is 5.02. The third-order valence-corrected chi connectivity index (χ3v) is 5.42. The van der Waals surface area contributed by atoms with E-state index in [-0.39, 0.29) is 0 Å². The van der Waals surface area contributed by atoms with Gasteiger partial charge in [0.1, 0.15) is 11.9 Å². The first-order chi connectivity index (χ1) is 16.4. The highest BCUT2D eigenvalue weighted by molar-refractivity contribution is 5.68. The first-order valence-electron chi connectivity index (χ1n) is 11.2. The van der Waals surface area contributed by atoms with Gasteiger partial charge in [0.15, 0.2) is 0 Å². The number of hydroxylamine groups is 2. The van der Waals surface area contributed by atoms with Gasteiger partial charge in [-0.1, -0.05) is 36.4 Å². The molecule has 0 bridgehead atoms. The molecule has 7 nitrogen and oxygen atoms in total. The summed E-state index contributed by atoms with van der Waals surface area (Å²) in [7, 11) is 1.96. The Hall–Kier alpha value is -3.84. The Bertz CT molecular complexity index is 1220. The van der Waals surface area contributed by atoms with Gasteiger partial charge in [-0.25, -0.2) is 10.0 Å². The fourth-order valence-corrected chi connectivity index (χ4v) is 3.86. The van der Waals surface area contributed by atoms with Crippen molar-refractivity contribution in [1.82, 2.24) is 24.6 Å². The topological polar surface area (TPSA) is 73.1 Å². The molecule has 0 aliphatic carbocycles. The van der Waals surface area contributed by atoms with Crippen LogP contribution in [0, 0.1) is 0 Å². The van der Waals surface area contributed by atoms with Gasteiger partial charge in [0.25, 0.3) is 0 Å². The fourth-order valence-electron chi connectivity index (χ4n) is 3.86.